The van der Waals surface area contributed by atoms with Gasteiger partial charge in [-0.25, -0.2) is 0 Å². The largest absolute Gasteiger partial charge is 0.344 e. The Morgan fingerprint density at radius 1 is 0.500 bits per heavy atom. The van der Waals surface area contributed by atoms with E-state index in [4.69, 9.17) is 0 Å². The van der Waals surface area contributed by atoms with Crippen molar-refractivity contribution < 1.29 is 0 Å². The Morgan fingerprint density at radius 3 is 1.29 bits per heavy atom. The Hall–Kier alpha value is -2.74. The van der Waals surface area contributed by atoms with Crippen molar-refractivity contribution in [1.29, 1.82) is 0 Å². The van der Waals surface area contributed by atoms with Crippen LogP contribution in [-0.2, 0) is 14.1 Å². The van der Waals surface area contributed by atoms with Crippen molar-refractivity contribution in [3.63, 3.8) is 0 Å². The van der Waals surface area contributed by atoms with Gasteiger partial charge in [-0.2, -0.15) is 0 Å². The number of rotatable bonds is 0. The van der Waals surface area contributed by atoms with Crippen LogP contribution < -0.4 is 0 Å². The summed E-state index contributed by atoms with van der Waals surface area (Å²) in [4.78, 5) is 0. The molecule has 2 aromatic heterocycles. The van der Waals surface area contributed by atoms with Gasteiger partial charge in [0.1, 0.15) is 0 Å². The Bertz CT molecular complexity index is 1180. The first-order chi connectivity index (χ1) is 11.5. The zero-order valence-electron chi connectivity index (χ0n) is 14.5. The smallest absolute Gasteiger partial charge is 0.0496 e. The van der Waals surface area contributed by atoms with Gasteiger partial charge in [0.15, 0.2) is 0 Å². The molecule has 3 aromatic carbocycles. The molecule has 0 atom stereocenters. The molecule has 24 heavy (non-hydrogen) atoms. The Morgan fingerprint density at radius 2 is 0.875 bits per heavy atom. The molecule has 0 bridgehead atoms. The van der Waals surface area contributed by atoms with E-state index >= 15 is 0 Å². The molecule has 0 spiro atoms. The quantitative estimate of drug-likeness (QED) is 0.352. The molecule has 0 radical (unpaired) electrons. The molecular weight excluding hydrogens is 292 g/mol. The lowest BCUT2D eigenvalue weighted by molar-refractivity contribution is 1.01. The van der Waals surface area contributed by atoms with Crippen molar-refractivity contribution >= 4 is 43.6 Å². The van der Waals surface area contributed by atoms with E-state index in [0.717, 1.165) is 0 Å². The minimum Gasteiger partial charge on any atom is -0.344 e. The first-order valence-electron chi connectivity index (χ1n) is 8.42. The molecule has 0 N–H and O–H groups in total. The topological polar surface area (TPSA) is 9.86 Å². The second-order valence-corrected chi connectivity index (χ2v) is 7.05. The van der Waals surface area contributed by atoms with Crippen molar-refractivity contribution in [3.05, 3.63) is 59.7 Å². The molecule has 0 saturated carbocycles. The van der Waals surface area contributed by atoms with E-state index in [-0.39, 0.29) is 0 Å². The zero-order chi connectivity index (χ0) is 16.6. The maximum absolute atomic E-state index is 2.36. The van der Waals surface area contributed by atoms with Crippen LogP contribution in [0.2, 0.25) is 0 Å². The molecule has 0 unspecified atom stereocenters. The van der Waals surface area contributed by atoms with Crippen molar-refractivity contribution in [2.75, 3.05) is 0 Å². The zero-order valence-corrected chi connectivity index (χ0v) is 14.5. The maximum atomic E-state index is 2.36. The minimum atomic E-state index is 1.30. The van der Waals surface area contributed by atoms with Crippen LogP contribution in [0.3, 0.4) is 0 Å². The van der Waals surface area contributed by atoms with Crippen LogP contribution in [0.1, 0.15) is 11.1 Å². The van der Waals surface area contributed by atoms with E-state index in [9.17, 15) is 0 Å². The summed E-state index contributed by atoms with van der Waals surface area (Å²) in [7, 11) is 4.34. The molecule has 0 aliphatic carbocycles. The third-order valence-electron chi connectivity index (χ3n) is 5.44. The molecule has 0 aliphatic rings. The lowest BCUT2D eigenvalue weighted by Gasteiger charge is -2.00. The number of fused-ring (bicyclic) bond motifs is 6. The minimum absolute atomic E-state index is 1.30. The summed E-state index contributed by atoms with van der Waals surface area (Å²) in [5.41, 5.74) is 7.82. The number of aromatic nitrogens is 2. The molecule has 0 fully saturated rings. The third-order valence-corrected chi connectivity index (χ3v) is 5.44. The highest BCUT2D eigenvalue weighted by Crippen LogP contribution is 2.36. The third kappa shape index (κ3) is 1.60. The number of hydrogen-bond acceptors (Lipinski definition) is 0. The van der Waals surface area contributed by atoms with Gasteiger partial charge < -0.3 is 9.13 Å². The molecule has 2 heterocycles. The van der Waals surface area contributed by atoms with Crippen LogP contribution in [-0.4, -0.2) is 9.13 Å². The van der Waals surface area contributed by atoms with Crippen molar-refractivity contribution in [3.8, 4) is 0 Å². The fourth-order valence-corrected chi connectivity index (χ4v) is 4.14. The fourth-order valence-electron chi connectivity index (χ4n) is 4.14. The highest BCUT2D eigenvalue weighted by molar-refractivity contribution is 6.17. The van der Waals surface area contributed by atoms with E-state index in [1.165, 1.54) is 54.7 Å². The van der Waals surface area contributed by atoms with Crippen LogP contribution in [0.4, 0.5) is 0 Å². The molecule has 5 aromatic rings. The van der Waals surface area contributed by atoms with Gasteiger partial charge in [0.25, 0.3) is 0 Å². The van der Waals surface area contributed by atoms with Crippen LogP contribution >= 0.6 is 0 Å². The van der Waals surface area contributed by atoms with Gasteiger partial charge >= 0.3 is 0 Å². The van der Waals surface area contributed by atoms with Gasteiger partial charge in [0.2, 0.25) is 0 Å². The summed E-state index contributed by atoms with van der Waals surface area (Å²) in [6.07, 6.45) is 0. The number of aryl methyl sites for hydroxylation is 4. The highest BCUT2D eigenvalue weighted by atomic mass is 15.0. The monoisotopic (exact) mass is 312 g/mol. The normalized spacial score (nSPS) is 12.2. The van der Waals surface area contributed by atoms with Crippen molar-refractivity contribution in [2.45, 2.75) is 13.8 Å². The number of nitrogens with zero attached hydrogens (tertiary/aromatic N) is 2. The van der Waals surface area contributed by atoms with E-state index in [2.05, 4.69) is 85.6 Å². The highest BCUT2D eigenvalue weighted by Gasteiger charge is 2.14. The maximum Gasteiger partial charge on any atom is 0.0496 e. The first-order valence-corrected chi connectivity index (χ1v) is 8.42. The molecule has 2 heteroatoms. The predicted molar refractivity (Wildman–Crippen MR) is 104 cm³/mol. The second-order valence-electron chi connectivity index (χ2n) is 7.05. The molecule has 5 rings (SSSR count). The number of hydrogen-bond donors (Lipinski definition) is 0. The van der Waals surface area contributed by atoms with Crippen LogP contribution in [0, 0.1) is 13.8 Å². The van der Waals surface area contributed by atoms with Gasteiger partial charge in [0, 0.05) is 57.7 Å². The Balaban J connectivity index is 2.06. The average molecular weight is 312 g/mol. The van der Waals surface area contributed by atoms with Crippen LogP contribution in [0.15, 0.2) is 48.5 Å². The van der Waals surface area contributed by atoms with E-state index in [0.29, 0.717) is 0 Å². The standard InChI is InChI=1S/C22H20N2/c1-13-5-7-19-15(9-13)17-11-22-18(12-21(17)23(19)3)16-10-14(2)6-8-20(16)24(22)4/h5-12H,1-4H3. The van der Waals surface area contributed by atoms with Gasteiger partial charge in [0.05, 0.1) is 0 Å². The summed E-state index contributed by atoms with van der Waals surface area (Å²) >= 11 is 0. The summed E-state index contributed by atoms with van der Waals surface area (Å²) in [6.45, 7) is 4.33. The van der Waals surface area contributed by atoms with Crippen molar-refractivity contribution in [1.82, 2.24) is 9.13 Å². The van der Waals surface area contributed by atoms with Gasteiger partial charge in [-0.1, -0.05) is 23.3 Å². The summed E-state index contributed by atoms with van der Waals surface area (Å²) in [6, 6.07) is 18.2. The molecule has 118 valence electrons. The van der Waals surface area contributed by atoms with Crippen LogP contribution in [0.5, 0.6) is 0 Å². The Labute approximate surface area is 140 Å². The number of benzene rings is 3. The first kappa shape index (κ1) is 13.7. The van der Waals surface area contributed by atoms with Gasteiger partial charge in [-0.3, -0.25) is 0 Å². The average Bonchev–Trinajstić information content (AvgIpc) is 2.99. The summed E-state index contributed by atoms with van der Waals surface area (Å²) < 4.78 is 4.64. The molecule has 0 amide bonds. The van der Waals surface area contributed by atoms with Gasteiger partial charge in [-0.15, -0.1) is 0 Å². The molecule has 0 saturated heterocycles. The second kappa shape index (κ2) is 4.41. The lowest BCUT2D eigenvalue weighted by Crippen LogP contribution is -1.87. The summed E-state index contributed by atoms with van der Waals surface area (Å²) in [5.74, 6) is 0. The van der Waals surface area contributed by atoms with Gasteiger partial charge in [-0.05, 0) is 50.2 Å². The van der Waals surface area contributed by atoms with Crippen LogP contribution in [0.25, 0.3) is 43.6 Å². The SMILES string of the molecule is Cc1ccc2c(c1)c1cc3c(cc1n2C)c1cc(C)ccc1n3C. The molecule has 2 nitrogen and oxygen atoms in total. The lowest BCUT2D eigenvalue weighted by atomic mass is 10.1. The van der Waals surface area contributed by atoms with E-state index in [1.54, 1.807) is 0 Å². The molecular formula is C22H20N2. The summed E-state index contributed by atoms with van der Waals surface area (Å²) in [5, 5.41) is 5.37. The van der Waals surface area contributed by atoms with E-state index in [1.807, 2.05) is 0 Å². The van der Waals surface area contributed by atoms with E-state index < -0.39 is 0 Å². The molecule has 0 aliphatic heterocycles. The van der Waals surface area contributed by atoms with Crippen molar-refractivity contribution in [2.24, 2.45) is 14.1 Å². The predicted octanol–water partition coefficient (Wildman–Crippen LogP) is 5.59. The Kier molecular flexibility index (Phi) is 2.52. The fraction of sp³-hybridized carbons (Fsp3) is 0.182.